The summed E-state index contributed by atoms with van der Waals surface area (Å²) in [5, 5.41) is 13.9. The molecule has 0 heterocycles. The first-order valence-corrected chi connectivity index (χ1v) is 19.3. The fourth-order valence-corrected chi connectivity index (χ4v) is 6.29. The van der Waals surface area contributed by atoms with Crippen LogP contribution in [0.4, 0.5) is 45.5 Å². The molecule has 0 saturated carbocycles. The van der Waals surface area contributed by atoms with E-state index in [2.05, 4.69) is 21.3 Å². The Labute approximate surface area is 356 Å². The van der Waals surface area contributed by atoms with Crippen molar-refractivity contribution in [3.8, 4) is 57.5 Å². The van der Waals surface area contributed by atoms with Gasteiger partial charge < -0.3 is 68.6 Å². The van der Waals surface area contributed by atoms with Crippen LogP contribution in [-0.2, 0) is 0 Å². The standard InChI is InChI=1S/C47H52N4O10/c1-52-32-12-16-36(44(26-32)56-5)48-30-10-20-42(40(24-30)50-38-18-14-34(54-3)28-46(38)58-7)60-22-9-23-61-43-21-11-31(49-37-17-13-33(53-2)27-45(37)57-6)25-41(43)51-39-19-15-35(55-4)29-47(39)59-8/h10-21,24-29,48-51H,9,22-23H2,1-8H3. The number of rotatable bonds is 22. The minimum atomic E-state index is 0.361. The maximum Gasteiger partial charge on any atom is 0.145 e. The van der Waals surface area contributed by atoms with Crippen LogP contribution in [0.2, 0.25) is 0 Å². The zero-order valence-corrected chi connectivity index (χ0v) is 35.6. The van der Waals surface area contributed by atoms with E-state index in [4.69, 9.17) is 47.4 Å². The Morgan fingerprint density at radius 3 is 0.902 bits per heavy atom. The van der Waals surface area contributed by atoms with Crippen LogP contribution in [0.15, 0.2) is 109 Å². The molecule has 61 heavy (non-hydrogen) atoms. The van der Waals surface area contributed by atoms with Gasteiger partial charge in [0.1, 0.15) is 57.5 Å². The lowest BCUT2D eigenvalue weighted by atomic mass is 10.2. The van der Waals surface area contributed by atoms with E-state index in [1.165, 1.54) is 0 Å². The molecule has 0 radical (unpaired) electrons. The summed E-state index contributed by atoms with van der Waals surface area (Å²) in [4.78, 5) is 0. The van der Waals surface area contributed by atoms with Gasteiger partial charge in [-0.1, -0.05) is 0 Å². The highest BCUT2D eigenvalue weighted by atomic mass is 16.5. The average molecular weight is 833 g/mol. The van der Waals surface area contributed by atoms with Gasteiger partial charge in [0.05, 0.1) is 104 Å². The van der Waals surface area contributed by atoms with E-state index in [0.29, 0.717) is 88.5 Å². The molecule has 0 fully saturated rings. The zero-order valence-electron chi connectivity index (χ0n) is 35.6. The summed E-state index contributed by atoms with van der Waals surface area (Å²) in [6.07, 6.45) is 0.572. The number of ether oxygens (including phenoxy) is 10. The summed E-state index contributed by atoms with van der Waals surface area (Å²) < 4.78 is 57.0. The Morgan fingerprint density at radius 2 is 0.607 bits per heavy atom. The van der Waals surface area contributed by atoms with Gasteiger partial charge in [-0.25, -0.2) is 0 Å². The molecule has 14 nitrogen and oxygen atoms in total. The molecule has 0 aromatic heterocycles. The van der Waals surface area contributed by atoms with Crippen molar-refractivity contribution in [1.29, 1.82) is 0 Å². The van der Waals surface area contributed by atoms with Crippen LogP contribution in [0.1, 0.15) is 6.42 Å². The molecule has 0 saturated heterocycles. The van der Waals surface area contributed by atoms with E-state index in [1.54, 1.807) is 56.9 Å². The average Bonchev–Trinajstić information content (AvgIpc) is 3.30. The lowest BCUT2D eigenvalue weighted by Crippen LogP contribution is -2.08. The van der Waals surface area contributed by atoms with Crippen molar-refractivity contribution >= 4 is 45.5 Å². The predicted molar refractivity (Wildman–Crippen MR) is 240 cm³/mol. The summed E-state index contributed by atoms with van der Waals surface area (Å²) in [7, 11) is 12.9. The van der Waals surface area contributed by atoms with Crippen LogP contribution >= 0.6 is 0 Å². The summed E-state index contributed by atoms with van der Waals surface area (Å²) in [5.74, 6) is 6.46. The fraction of sp³-hybridized carbons (Fsp3) is 0.234. The minimum Gasteiger partial charge on any atom is -0.497 e. The topological polar surface area (TPSA) is 140 Å². The van der Waals surface area contributed by atoms with Crippen LogP contribution in [0.25, 0.3) is 0 Å². The molecule has 0 unspecified atom stereocenters. The molecular formula is C47H52N4O10. The second-order valence-electron chi connectivity index (χ2n) is 13.2. The molecule has 6 aromatic carbocycles. The molecule has 0 aliphatic heterocycles. The van der Waals surface area contributed by atoms with Gasteiger partial charge in [-0.2, -0.15) is 0 Å². The van der Waals surface area contributed by atoms with E-state index >= 15 is 0 Å². The van der Waals surface area contributed by atoms with Crippen LogP contribution < -0.4 is 68.6 Å². The van der Waals surface area contributed by atoms with Crippen LogP contribution in [0.5, 0.6) is 57.5 Å². The quantitative estimate of drug-likeness (QED) is 0.0482. The van der Waals surface area contributed by atoms with Crippen molar-refractivity contribution in [2.24, 2.45) is 0 Å². The fourth-order valence-electron chi connectivity index (χ4n) is 6.29. The number of anilines is 8. The van der Waals surface area contributed by atoms with Gasteiger partial charge in [0.25, 0.3) is 0 Å². The Morgan fingerprint density at radius 1 is 0.295 bits per heavy atom. The second-order valence-corrected chi connectivity index (χ2v) is 13.2. The van der Waals surface area contributed by atoms with Crippen molar-refractivity contribution in [3.05, 3.63) is 109 Å². The number of hydrogen-bond acceptors (Lipinski definition) is 14. The molecule has 6 rings (SSSR count). The third-order valence-corrected chi connectivity index (χ3v) is 9.49. The van der Waals surface area contributed by atoms with Gasteiger partial charge >= 0.3 is 0 Å². The molecule has 320 valence electrons. The third kappa shape index (κ3) is 11.0. The molecular weight excluding hydrogens is 781 g/mol. The Hall–Kier alpha value is -7.48. The molecule has 0 aliphatic carbocycles. The van der Waals surface area contributed by atoms with Gasteiger partial charge in [0, 0.05) is 42.1 Å². The summed E-state index contributed by atoms with van der Waals surface area (Å²) >= 11 is 0. The predicted octanol–water partition coefficient (Wildman–Crippen LogP) is 10.6. The normalized spacial score (nSPS) is 10.5. The third-order valence-electron chi connectivity index (χ3n) is 9.49. The Kier molecular flexibility index (Phi) is 14.8. The molecule has 0 atom stereocenters. The Bertz CT molecular complexity index is 2230. The van der Waals surface area contributed by atoms with Crippen molar-refractivity contribution in [1.82, 2.24) is 0 Å². The summed E-state index contributed by atoms with van der Waals surface area (Å²) in [5.41, 5.74) is 6.00. The van der Waals surface area contributed by atoms with E-state index in [1.807, 2.05) is 109 Å². The molecule has 0 amide bonds. The van der Waals surface area contributed by atoms with E-state index in [0.717, 1.165) is 34.1 Å². The molecule has 0 spiro atoms. The molecule has 4 N–H and O–H groups in total. The van der Waals surface area contributed by atoms with E-state index < -0.39 is 0 Å². The largest absolute Gasteiger partial charge is 0.497 e. The highest BCUT2D eigenvalue weighted by molar-refractivity contribution is 5.79. The highest BCUT2D eigenvalue weighted by Crippen LogP contribution is 2.40. The van der Waals surface area contributed by atoms with Crippen molar-refractivity contribution in [2.75, 3.05) is 91.4 Å². The molecule has 14 heteroatoms. The maximum atomic E-state index is 6.40. The molecule has 0 bridgehead atoms. The number of hydrogen-bond donors (Lipinski definition) is 4. The van der Waals surface area contributed by atoms with Crippen LogP contribution in [-0.4, -0.2) is 70.1 Å². The molecule has 0 aliphatic rings. The summed E-state index contributed by atoms with van der Waals surface area (Å²) in [6.45, 7) is 0.721. The zero-order chi connectivity index (χ0) is 43.1. The highest BCUT2D eigenvalue weighted by Gasteiger charge is 2.15. The summed E-state index contributed by atoms with van der Waals surface area (Å²) in [6, 6.07) is 33.9. The number of methoxy groups -OCH3 is 8. The maximum absolute atomic E-state index is 6.40. The lowest BCUT2D eigenvalue weighted by Gasteiger charge is -2.19. The SMILES string of the molecule is COc1ccc(Nc2ccc(OCCCOc3ccc(Nc4ccc(OC)cc4OC)cc3Nc3ccc(OC)cc3OC)c(Nc3ccc(OC)cc3OC)c2)c(OC)c1. The van der Waals surface area contributed by atoms with Crippen molar-refractivity contribution in [3.63, 3.8) is 0 Å². The van der Waals surface area contributed by atoms with Crippen LogP contribution in [0.3, 0.4) is 0 Å². The van der Waals surface area contributed by atoms with Gasteiger partial charge in [0.2, 0.25) is 0 Å². The van der Waals surface area contributed by atoms with Gasteiger partial charge in [-0.05, 0) is 84.9 Å². The van der Waals surface area contributed by atoms with Gasteiger partial charge in [0.15, 0.2) is 0 Å². The van der Waals surface area contributed by atoms with E-state index in [-0.39, 0.29) is 0 Å². The first-order valence-electron chi connectivity index (χ1n) is 19.3. The monoisotopic (exact) mass is 832 g/mol. The first-order chi connectivity index (χ1) is 29.8. The lowest BCUT2D eigenvalue weighted by molar-refractivity contribution is 0.249. The first kappa shape index (κ1) is 43.1. The van der Waals surface area contributed by atoms with Crippen molar-refractivity contribution in [2.45, 2.75) is 6.42 Å². The number of nitrogens with one attached hydrogen (secondary N) is 4. The van der Waals surface area contributed by atoms with Gasteiger partial charge in [-0.3, -0.25) is 0 Å². The number of benzene rings is 6. The van der Waals surface area contributed by atoms with Gasteiger partial charge in [-0.15, -0.1) is 0 Å². The second kappa shape index (κ2) is 21.0. The van der Waals surface area contributed by atoms with Crippen molar-refractivity contribution < 1.29 is 47.4 Å². The smallest absolute Gasteiger partial charge is 0.145 e. The minimum absolute atomic E-state index is 0.361. The Balaban J connectivity index is 1.20. The van der Waals surface area contributed by atoms with E-state index in [9.17, 15) is 0 Å². The molecule has 6 aromatic rings. The van der Waals surface area contributed by atoms with Crippen LogP contribution in [0, 0.1) is 0 Å².